The highest BCUT2D eigenvalue weighted by Crippen LogP contribution is 2.33. The molecule has 5 heteroatoms. The van der Waals surface area contributed by atoms with Crippen molar-refractivity contribution >= 4 is 11.9 Å². The van der Waals surface area contributed by atoms with Crippen molar-refractivity contribution < 1.29 is 14.7 Å². The third kappa shape index (κ3) is 2.61. The Morgan fingerprint density at radius 1 is 1.16 bits per heavy atom. The topological polar surface area (TPSA) is 69.6 Å². The molecule has 2 unspecified atom stereocenters. The molecule has 1 amide bonds. The highest BCUT2D eigenvalue weighted by atomic mass is 16.4. The van der Waals surface area contributed by atoms with E-state index in [0.29, 0.717) is 37.4 Å². The summed E-state index contributed by atoms with van der Waals surface area (Å²) in [6.07, 6.45) is 6.59. The summed E-state index contributed by atoms with van der Waals surface area (Å²) in [7, 11) is 0. The normalized spacial score (nSPS) is 37.6. The SMILES string of the molecule is O=C(O)[C@H]1CCCN1C(=O)CC1CC2CCC(C1)N2. The van der Waals surface area contributed by atoms with E-state index in [9.17, 15) is 9.59 Å². The molecule has 106 valence electrons. The lowest BCUT2D eigenvalue weighted by Gasteiger charge is -2.30. The summed E-state index contributed by atoms with van der Waals surface area (Å²) in [6.45, 7) is 0.619. The van der Waals surface area contributed by atoms with E-state index in [4.69, 9.17) is 5.11 Å². The van der Waals surface area contributed by atoms with Crippen LogP contribution in [-0.4, -0.2) is 46.6 Å². The highest BCUT2D eigenvalue weighted by molar-refractivity contribution is 5.84. The van der Waals surface area contributed by atoms with Crippen LogP contribution in [0.4, 0.5) is 0 Å². The largest absolute Gasteiger partial charge is 0.480 e. The average molecular weight is 266 g/mol. The maximum Gasteiger partial charge on any atom is 0.326 e. The van der Waals surface area contributed by atoms with E-state index in [2.05, 4.69) is 5.32 Å². The molecule has 3 aliphatic heterocycles. The summed E-state index contributed by atoms with van der Waals surface area (Å²) >= 11 is 0. The molecule has 3 saturated heterocycles. The number of aliphatic carboxylic acids is 1. The fourth-order valence-electron chi connectivity index (χ4n) is 4.03. The summed E-state index contributed by atoms with van der Waals surface area (Å²) in [4.78, 5) is 25.0. The molecular weight excluding hydrogens is 244 g/mol. The number of carbonyl (C=O) groups is 2. The number of nitrogens with zero attached hydrogens (tertiary/aromatic N) is 1. The van der Waals surface area contributed by atoms with Crippen LogP contribution in [0.25, 0.3) is 0 Å². The molecule has 0 spiro atoms. The van der Waals surface area contributed by atoms with Crippen molar-refractivity contribution in [3.05, 3.63) is 0 Å². The number of carboxylic acid groups (broad SMARTS) is 1. The summed E-state index contributed by atoms with van der Waals surface area (Å²) in [5.41, 5.74) is 0. The molecule has 3 atom stereocenters. The third-order valence-electron chi connectivity index (χ3n) is 4.89. The van der Waals surface area contributed by atoms with E-state index in [-0.39, 0.29) is 5.91 Å². The molecule has 0 aromatic rings. The summed E-state index contributed by atoms with van der Waals surface area (Å²) < 4.78 is 0. The number of hydrogen-bond acceptors (Lipinski definition) is 3. The van der Waals surface area contributed by atoms with Gasteiger partial charge in [-0.1, -0.05) is 0 Å². The van der Waals surface area contributed by atoms with Crippen molar-refractivity contribution in [2.24, 2.45) is 5.92 Å². The Morgan fingerprint density at radius 2 is 1.84 bits per heavy atom. The van der Waals surface area contributed by atoms with Gasteiger partial charge in [-0.25, -0.2) is 4.79 Å². The molecule has 3 rings (SSSR count). The zero-order chi connectivity index (χ0) is 13.4. The number of nitrogens with one attached hydrogen (secondary N) is 1. The van der Waals surface area contributed by atoms with Crippen molar-refractivity contribution in [1.29, 1.82) is 0 Å². The maximum absolute atomic E-state index is 12.3. The molecule has 0 saturated carbocycles. The third-order valence-corrected chi connectivity index (χ3v) is 4.89. The predicted octanol–water partition coefficient (Wildman–Crippen LogP) is 0.983. The van der Waals surface area contributed by atoms with Gasteiger partial charge in [0.25, 0.3) is 0 Å². The van der Waals surface area contributed by atoms with Gasteiger partial charge in [-0.15, -0.1) is 0 Å². The lowest BCUT2D eigenvalue weighted by Crippen LogP contribution is -2.43. The zero-order valence-electron chi connectivity index (χ0n) is 11.2. The minimum absolute atomic E-state index is 0.0520. The number of fused-ring (bicyclic) bond motifs is 2. The Morgan fingerprint density at radius 3 is 2.47 bits per heavy atom. The smallest absolute Gasteiger partial charge is 0.326 e. The average Bonchev–Trinajstić information content (AvgIpc) is 2.96. The first-order valence-corrected chi connectivity index (χ1v) is 7.42. The van der Waals surface area contributed by atoms with Gasteiger partial charge in [-0.05, 0) is 44.4 Å². The van der Waals surface area contributed by atoms with Crippen LogP contribution in [0.2, 0.25) is 0 Å². The van der Waals surface area contributed by atoms with Crippen LogP contribution in [0.1, 0.15) is 44.9 Å². The van der Waals surface area contributed by atoms with E-state index in [0.717, 1.165) is 19.3 Å². The van der Waals surface area contributed by atoms with Crippen molar-refractivity contribution in [1.82, 2.24) is 10.2 Å². The van der Waals surface area contributed by atoms with Crippen LogP contribution in [-0.2, 0) is 9.59 Å². The fourth-order valence-corrected chi connectivity index (χ4v) is 4.03. The Bertz CT molecular complexity index is 373. The number of amides is 1. The van der Waals surface area contributed by atoms with E-state index in [1.165, 1.54) is 12.8 Å². The molecule has 2 N–H and O–H groups in total. The van der Waals surface area contributed by atoms with Crippen molar-refractivity contribution in [3.63, 3.8) is 0 Å². The standard InChI is InChI=1S/C14H22N2O3/c17-13(16-5-1-2-12(16)14(18)19)8-9-6-10-3-4-11(7-9)15-10/h9-12,15H,1-8H2,(H,18,19)/t9?,10?,11?,12-/m1/s1. The van der Waals surface area contributed by atoms with Gasteiger partial charge < -0.3 is 15.3 Å². The van der Waals surface area contributed by atoms with Gasteiger partial charge in [-0.3, -0.25) is 4.79 Å². The first-order chi connectivity index (χ1) is 9.13. The molecular formula is C14H22N2O3. The minimum Gasteiger partial charge on any atom is -0.480 e. The fraction of sp³-hybridized carbons (Fsp3) is 0.857. The van der Waals surface area contributed by atoms with Crippen molar-refractivity contribution in [2.45, 2.75) is 63.1 Å². The van der Waals surface area contributed by atoms with Crippen LogP contribution in [0.15, 0.2) is 0 Å². The molecule has 0 aliphatic carbocycles. The van der Waals surface area contributed by atoms with Gasteiger partial charge in [0.05, 0.1) is 0 Å². The summed E-state index contributed by atoms with van der Waals surface area (Å²) in [5, 5.41) is 12.7. The molecule has 0 aromatic heterocycles. The number of hydrogen-bond donors (Lipinski definition) is 2. The quantitative estimate of drug-likeness (QED) is 0.799. The van der Waals surface area contributed by atoms with E-state index in [1.807, 2.05) is 0 Å². The van der Waals surface area contributed by atoms with Crippen LogP contribution in [0.3, 0.4) is 0 Å². The second-order valence-corrected chi connectivity index (χ2v) is 6.26. The number of likely N-dealkylation sites (tertiary alicyclic amines) is 1. The van der Waals surface area contributed by atoms with E-state index in [1.54, 1.807) is 4.90 Å². The maximum atomic E-state index is 12.3. The predicted molar refractivity (Wildman–Crippen MR) is 69.7 cm³/mol. The van der Waals surface area contributed by atoms with Gasteiger partial charge >= 0.3 is 5.97 Å². The number of carbonyl (C=O) groups excluding carboxylic acids is 1. The van der Waals surface area contributed by atoms with Crippen LogP contribution < -0.4 is 5.32 Å². The van der Waals surface area contributed by atoms with Crippen LogP contribution >= 0.6 is 0 Å². The molecule has 3 aliphatic rings. The van der Waals surface area contributed by atoms with Crippen molar-refractivity contribution in [3.8, 4) is 0 Å². The van der Waals surface area contributed by atoms with Crippen molar-refractivity contribution in [2.75, 3.05) is 6.54 Å². The lowest BCUT2D eigenvalue weighted by molar-refractivity contribution is -0.148. The number of piperidine rings is 1. The molecule has 3 heterocycles. The Hall–Kier alpha value is -1.10. The van der Waals surface area contributed by atoms with Crippen LogP contribution in [0.5, 0.6) is 0 Å². The monoisotopic (exact) mass is 266 g/mol. The first-order valence-electron chi connectivity index (χ1n) is 7.42. The highest BCUT2D eigenvalue weighted by Gasteiger charge is 2.38. The van der Waals surface area contributed by atoms with E-state index < -0.39 is 12.0 Å². The molecule has 0 aromatic carbocycles. The molecule has 0 radical (unpaired) electrons. The van der Waals surface area contributed by atoms with Gasteiger partial charge in [0.2, 0.25) is 5.91 Å². The van der Waals surface area contributed by atoms with Gasteiger partial charge in [-0.2, -0.15) is 0 Å². The Balaban J connectivity index is 1.57. The number of rotatable bonds is 3. The van der Waals surface area contributed by atoms with Crippen LogP contribution in [0, 0.1) is 5.92 Å². The molecule has 3 fully saturated rings. The zero-order valence-corrected chi connectivity index (χ0v) is 11.2. The lowest BCUT2D eigenvalue weighted by atomic mass is 9.89. The molecule has 2 bridgehead atoms. The minimum atomic E-state index is -0.851. The second kappa shape index (κ2) is 5.12. The van der Waals surface area contributed by atoms with Gasteiger partial charge in [0.15, 0.2) is 0 Å². The Kier molecular flexibility index (Phi) is 3.48. The van der Waals surface area contributed by atoms with Gasteiger partial charge in [0.1, 0.15) is 6.04 Å². The first kappa shape index (κ1) is 12.9. The second-order valence-electron chi connectivity index (χ2n) is 6.26. The summed E-state index contributed by atoms with van der Waals surface area (Å²) in [5.74, 6) is -0.353. The molecule has 19 heavy (non-hydrogen) atoms. The van der Waals surface area contributed by atoms with E-state index >= 15 is 0 Å². The molecule has 5 nitrogen and oxygen atoms in total. The number of carboxylic acids is 1. The summed E-state index contributed by atoms with van der Waals surface area (Å²) in [6, 6.07) is 0.599. The Labute approximate surface area is 113 Å². The van der Waals surface area contributed by atoms with Gasteiger partial charge in [0, 0.05) is 25.0 Å².